The van der Waals surface area contributed by atoms with Gasteiger partial charge in [-0.15, -0.1) is 0 Å². The third kappa shape index (κ3) is 4.23. The zero-order chi connectivity index (χ0) is 22.1. The van der Waals surface area contributed by atoms with Gasteiger partial charge in [-0.3, -0.25) is 4.79 Å². The molecule has 3 rings (SSSR count). The molecule has 2 saturated heterocycles. The molecule has 2 aliphatic rings. The number of amides is 3. The second-order valence-corrected chi connectivity index (χ2v) is 9.37. The van der Waals surface area contributed by atoms with Crippen LogP contribution in [0.3, 0.4) is 0 Å². The van der Waals surface area contributed by atoms with Crippen molar-refractivity contribution in [3.05, 3.63) is 18.2 Å². The van der Waals surface area contributed by atoms with Gasteiger partial charge < -0.3 is 25.0 Å². The summed E-state index contributed by atoms with van der Waals surface area (Å²) in [5.74, 6) is 0.0745. The molecule has 166 valence electrons. The average molecular weight is 441 g/mol. The van der Waals surface area contributed by atoms with Crippen LogP contribution in [-0.4, -0.2) is 81.1 Å². The summed E-state index contributed by atoms with van der Waals surface area (Å²) in [6.45, 7) is 6.53. The van der Waals surface area contributed by atoms with Crippen LogP contribution in [0, 0.1) is 0 Å². The molecule has 3 atom stereocenters. The molecule has 10 nitrogen and oxygen atoms in total. The maximum atomic E-state index is 13.0. The highest BCUT2D eigenvalue weighted by molar-refractivity contribution is 7.89. The van der Waals surface area contributed by atoms with E-state index in [1.807, 2.05) is 13.8 Å². The Kier molecular flexibility index (Phi) is 6.53. The summed E-state index contributed by atoms with van der Waals surface area (Å²) in [7, 11) is -2.31. The smallest absolute Gasteiger partial charge is 0.322 e. The summed E-state index contributed by atoms with van der Waals surface area (Å²) in [4.78, 5) is 26.7. The minimum atomic E-state index is -3.74. The predicted octanol–water partition coefficient (Wildman–Crippen LogP) is 0.845. The Bertz CT molecular complexity index is 916. The molecular weight excluding hydrogens is 412 g/mol. The number of rotatable bonds is 4. The lowest BCUT2D eigenvalue weighted by Crippen LogP contribution is -2.64. The fourth-order valence-electron chi connectivity index (χ4n) is 3.61. The number of nitrogens with zero attached hydrogens (tertiary/aromatic N) is 2. The Morgan fingerprint density at radius 1 is 1.23 bits per heavy atom. The predicted molar refractivity (Wildman–Crippen MR) is 110 cm³/mol. The van der Waals surface area contributed by atoms with Crippen molar-refractivity contribution in [2.45, 2.75) is 43.8 Å². The van der Waals surface area contributed by atoms with Gasteiger partial charge in [-0.2, -0.15) is 4.31 Å². The lowest BCUT2D eigenvalue weighted by molar-refractivity contribution is -0.129. The second kappa shape index (κ2) is 8.78. The number of carbonyl (C=O) groups is 2. The Hall–Kier alpha value is -2.37. The first-order chi connectivity index (χ1) is 14.2. The van der Waals surface area contributed by atoms with Crippen LogP contribution in [0.5, 0.6) is 5.75 Å². The lowest BCUT2D eigenvalue weighted by Gasteiger charge is -2.42. The molecule has 0 spiro atoms. The number of nitrogens with one attached hydrogen (secondary N) is 2. The summed E-state index contributed by atoms with van der Waals surface area (Å²) in [5, 5.41) is 5.56. The maximum absolute atomic E-state index is 13.0. The molecule has 2 heterocycles. The van der Waals surface area contributed by atoms with Gasteiger partial charge in [0.2, 0.25) is 15.9 Å². The number of morpholine rings is 1. The number of sulfonamides is 1. The molecule has 0 aliphatic carbocycles. The number of anilines is 1. The molecule has 2 aliphatic heterocycles. The van der Waals surface area contributed by atoms with Crippen molar-refractivity contribution in [3.8, 4) is 5.75 Å². The fourth-order valence-corrected chi connectivity index (χ4v) is 5.04. The number of urea groups is 1. The van der Waals surface area contributed by atoms with E-state index in [1.54, 1.807) is 6.92 Å². The van der Waals surface area contributed by atoms with E-state index in [0.717, 1.165) is 0 Å². The van der Waals surface area contributed by atoms with Gasteiger partial charge in [0.1, 0.15) is 11.8 Å². The van der Waals surface area contributed by atoms with Crippen molar-refractivity contribution >= 4 is 27.6 Å². The zero-order valence-electron chi connectivity index (χ0n) is 17.5. The van der Waals surface area contributed by atoms with E-state index in [-0.39, 0.29) is 41.7 Å². The first-order valence-corrected chi connectivity index (χ1v) is 11.3. The zero-order valence-corrected chi connectivity index (χ0v) is 18.4. The van der Waals surface area contributed by atoms with Gasteiger partial charge in [-0.1, -0.05) is 0 Å². The topological polar surface area (TPSA) is 117 Å². The molecule has 30 heavy (non-hydrogen) atoms. The van der Waals surface area contributed by atoms with Crippen LogP contribution in [0.1, 0.15) is 20.8 Å². The number of hydrogen-bond donors (Lipinski definition) is 2. The average Bonchev–Trinajstić information content (AvgIpc) is 2.73. The highest BCUT2D eigenvalue weighted by Gasteiger charge is 2.38. The summed E-state index contributed by atoms with van der Waals surface area (Å²) >= 11 is 0. The minimum Gasteiger partial charge on any atom is -0.495 e. The van der Waals surface area contributed by atoms with Crippen molar-refractivity contribution in [1.29, 1.82) is 0 Å². The molecule has 1 aromatic carbocycles. The van der Waals surface area contributed by atoms with Gasteiger partial charge in [-0.05, 0) is 39.0 Å². The number of ether oxygens (including phenoxy) is 2. The third-order valence-electron chi connectivity index (χ3n) is 5.58. The molecular formula is C19H28N4O6S. The Morgan fingerprint density at radius 3 is 2.53 bits per heavy atom. The van der Waals surface area contributed by atoms with Crippen LogP contribution in [0.4, 0.5) is 10.5 Å². The van der Waals surface area contributed by atoms with E-state index < -0.39 is 22.1 Å². The molecule has 3 unspecified atom stereocenters. The van der Waals surface area contributed by atoms with Crippen molar-refractivity contribution in [1.82, 2.24) is 14.5 Å². The van der Waals surface area contributed by atoms with E-state index in [2.05, 4.69) is 10.6 Å². The highest BCUT2D eigenvalue weighted by atomic mass is 32.2. The molecule has 0 radical (unpaired) electrons. The van der Waals surface area contributed by atoms with Gasteiger partial charge in [0.25, 0.3) is 0 Å². The normalized spacial score (nSPS) is 25.5. The number of hydrogen-bond acceptors (Lipinski definition) is 6. The first-order valence-electron chi connectivity index (χ1n) is 9.82. The van der Waals surface area contributed by atoms with Crippen LogP contribution in [0.25, 0.3) is 0 Å². The standard InChI is InChI=1S/C19H28N4O6S/c1-12-13(2)23(14(3)18(24)20-12)19(25)21-16-11-15(5-6-17(16)28-4)30(26,27)22-7-9-29-10-8-22/h5-6,11-14H,7-10H2,1-4H3,(H,20,24)(H,21,25). The van der Waals surface area contributed by atoms with Crippen LogP contribution >= 0.6 is 0 Å². The number of methoxy groups -OCH3 is 1. The molecule has 11 heteroatoms. The van der Waals surface area contributed by atoms with Gasteiger partial charge in [0.05, 0.1) is 36.9 Å². The maximum Gasteiger partial charge on any atom is 0.322 e. The number of piperazine rings is 1. The minimum absolute atomic E-state index is 0.0475. The Morgan fingerprint density at radius 2 is 1.90 bits per heavy atom. The number of benzene rings is 1. The fraction of sp³-hybridized carbons (Fsp3) is 0.579. The molecule has 0 bridgehead atoms. The third-order valence-corrected chi connectivity index (χ3v) is 7.48. The summed E-state index contributed by atoms with van der Waals surface area (Å²) < 4.78 is 37.8. The molecule has 2 N–H and O–H groups in total. The van der Waals surface area contributed by atoms with Crippen LogP contribution in [0.15, 0.2) is 23.1 Å². The molecule has 1 aromatic rings. The molecule has 0 saturated carbocycles. The molecule has 3 amide bonds. The second-order valence-electron chi connectivity index (χ2n) is 7.43. The summed E-state index contributed by atoms with van der Waals surface area (Å²) in [6.07, 6.45) is 0. The number of carbonyl (C=O) groups excluding carboxylic acids is 2. The van der Waals surface area contributed by atoms with E-state index in [1.165, 1.54) is 34.5 Å². The van der Waals surface area contributed by atoms with E-state index in [0.29, 0.717) is 19.0 Å². The van der Waals surface area contributed by atoms with Gasteiger partial charge in [0.15, 0.2) is 0 Å². The summed E-state index contributed by atoms with van der Waals surface area (Å²) in [5.41, 5.74) is 0.217. The van der Waals surface area contributed by atoms with Crippen LogP contribution in [-0.2, 0) is 19.6 Å². The largest absolute Gasteiger partial charge is 0.495 e. The van der Waals surface area contributed by atoms with E-state index in [4.69, 9.17) is 9.47 Å². The Labute approximate surface area is 176 Å². The Balaban J connectivity index is 1.89. The summed E-state index contributed by atoms with van der Waals surface area (Å²) in [6, 6.07) is 2.70. The van der Waals surface area contributed by atoms with Crippen molar-refractivity contribution < 1.29 is 27.5 Å². The van der Waals surface area contributed by atoms with E-state index in [9.17, 15) is 18.0 Å². The first kappa shape index (κ1) is 22.3. The van der Waals surface area contributed by atoms with E-state index >= 15 is 0 Å². The van der Waals surface area contributed by atoms with Gasteiger partial charge in [-0.25, -0.2) is 13.2 Å². The highest BCUT2D eigenvalue weighted by Crippen LogP contribution is 2.30. The lowest BCUT2D eigenvalue weighted by atomic mass is 10.0. The van der Waals surface area contributed by atoms with Crippen LogP contribution in [0.2, 0.25) is 0 Å². The van der Waals surface area contributed by atoms with Crippen molar-refractivity contribution in [3.63, 3.8) is 0 Å². The van der Waals surface area contributed by atoms with Crippen molar-refractivity contribution in [2.75, 3.05) is 38.7 Å². The van der Waals surface area contributed by atoms with Gasteiger partial charge >= 0.3 is 6.03 Å². The van der Waals surface area contributed by atoms with Crippen LogP contribution < -0.4 is 15.4 Å². The van der Waals surface area contributed by atoms with Crippen molar-refractivity contribution in [2.24, 2.45) is 0 Å². The van der Waals surface area contributed by atoms with Gasteiger partial charge in [0, 0.05) is 19.1 Å². The SMILES string of the molecule is COc1ccc(S(=O)(=O)N2CCOCC2)cc1NC(=O)N1C(C)C(=O)NC(C)C1C. The molecule has 0 aromatic heterocycles. The monoisotopic (exact) mass is 440 g/mol. The molecule has 2 fully saturated rings. The quantitative estimate of drug-likeness (QED) is 0.717.